The van der Waals surface area contributed by atoms with E-state index in [9.17, 15) is 8.42 Å². The van der Waals surface area contributed by atoms with E-state index < -0.39 is 10.0 Å². The second kappa shape index (κ2) is 6.69. The molecule has 1 fully saturated rings. The Kier molecular flexibility index (Phi) is 5.79. The summed E-state index contributed by atoms with van der Waals surface area (Å²) in [7, 11) is -3.48. The summed E-state index contributed by atoms with van der Waals surface area (Å²) in [5.41, 5.74) is 0. The molecule has 0 spiro atoms. The van der Waals surface area contributed by atoms with Crippen LogP contribution in [0.3, 0.4) is 0 Å². The molecule has 2 N–H and O–H groups in total. The van der Waals surface area contributed by atoms with E-state index in [2.05, 4.69) is 28.9 Å². The molecule has 0 aromatic carbocycles. The van der Waals surface area contributed by atoms with Gasteiger partial charge in [-0.2, -0.15) is 0 Å². The second-order valence-electron chi connectivity index (χ2n) is 5.11. The van der Waals surface area contributed by atoms with Crippen molar-refractivity contribution >= 4 is 22.4 Å². The molecular formula is C11H21ClN4O2S. The van der Waals surface area contributed by atoms with Crippen LogP contribution in [0.4, 0.5) is 0 Å². The van der Waals surface area contributed by atoms with Gasteiger partial charge in [0.1, 0.15) is 0 Å². The van der Waals surface area contributed by atoms with Gasteiger partial charge in [-0.15, -0.1) is 12.4 Å². The lowest BCUT2D eigenvalue weighted by molar-refractivity contribution is 0.521. The molecule has 0 amide bonds. The van der Waals surface area contributed by atoms with Crippen molar-refractivity contribution in [2.45, 2.75) is 37.9 Å². The number of halogens is 1. The van der Waals surface area contributed by atoms with E-state index in [0.29, 0.717) is 12.5 Å². The summed E-state index contributed by atoms with van der Waals surface area (Å²) in [6.07, 6.45) is 3.98. The first-order valence-corrected chi connectivity index (χ1v) is 7.70. The molecule has 6 nitrogen and oxygen atoms in total. The van der Waals surface area contributed by atoms with Crippen molar-refractivity contribution in [1.82, 2.24) is 19.6 Å². The second-order valence-corrected chi connectivity index (χ2v) is 6.77. The zero-order valence-corrected chi connectivity index (χ0v) is 12.8. The Labute approximate surface area is 120 Å². The van der Waals surface area contributed by atoms with E-state index >= 15 is 0 Å². The predicted molar refractivity (Wildman–Crippen MR) is 75.9 cm³/mol. The third kappa shape index (κ3) is 4.45. The van der Waals surface area contributed by atoms with Gasteiger partial charge in [-0.25, -0.2) is 18.1 Å². The fourth-order valence-electron chi connectivity index (χ4n) is 2.03. The molecule has 1 unspecified atom stereocenters. The number of aromatic nitrogens is 2. The van der Waals surface area contributed by atoms with Crippen LogP contribution in [0.2, 0.25) is 0 Å². The van der Waals surface area contributed by atoms with Gasteiger partial charge in [0.25, 0.3) is 10.0 Å². The lowest BCUT2D eigenvalue weighted by atomic mass is 10.2. The van der Waals surface area contributed by atoms with Crippen LogP contribution in [0.15, 0.2) is 17.6 Å². The molecule has 1 aliphatic heterocycles. The molecule has 110 valence electrons. The number of hydrogen-bond donors (Lipinski definition) is 2. The lowest BCUT2D eigenvalue weighted by Crippen LogP contribution is -2.36. The summed E-state index contributed by atoms with van der Waals surface area (Å²) >= 11 is 0. The zero-order chi connectivity index (χ0) is 13.2. The highest BCUT2D eigenvalue weighted by molar-refractivity contribution is 7.89. The summed E-state index contributed by atoms with van der Waals surface area (Å²) in [4.78, 5) is 3.98. The topological polar surface area (TPSA) is 76.0 Å². The SMILES string of the molecule is CC(C)Cn1cnc(S(=O)(=O)NC2CCNC2)c1.Cl. The smallest absolute Gasteiger partial charge is 0.259 e. The summed E-state index contributed by atoms with van der Waals surface area (Å²) in [5, 5.41) is 3.23. The number of nitrogens with one attached hydrogen (secondary N) is 2. The molecule has 1 saturated heterocycles. The predicted octanol–water partition coefficient (Wildman–Crippen LogP) is 0.601. The highest BCUT2D eigenvalue weighted by Gasteiger charge is 2.24. The minimum Gasteiger partial charge on any atom is -0.336 e. The molecule has 1 aromatic rings. The first-order chi connectivity index (χ1) is 8.47. The average molecular weight is 309 g/mol. The Balaban J connectivity index is 0.00000180. The molecule has 0 saturated carbocycles. The first-order valence-electron chi connectivity index (χ1n) is 6.22. The van der Waals surface area contributed by atoms with Crippen molar-refractivity contribution in [3.63, 3.8) is 0 Å². The van der Waals surface area contributed by atoms with E-state index in [0.717, 1.165) is 19.5 Å². The van der Waals surface area contributed by atoms with E-state index in [1.165, 1.54) is 0 Å². The van der Waals surface area contributed by atoms with Gasteiger partial charge < -0.3 is 9.88 Å². The van der Waals surface area contributed by atoms with E-state index in [1.54, 1.807) is 12.5 Å². The van der Waals surface area contributed by atoms with E-state index in [-0.39, 0.29) is 23.5 Å². The van der Waals surface area contributed by atoms with Crippen LogP contribution >= 0.6 is 12.4 Å². The molecule has 1 atom stereocenters. The van der Waals surface area contributed by atoms with Crippen molar-refractivity contribution in [3.05, 3.63) is 12.5 Å². The monoisotopic (exact) mass is 308 g/mol. The van der Waals surface area contributed by atoms with Crippen LogP contribution in [-0.2, 0) is 16.6 Å². The Morgan fingerprint density at radius 3 is 2.89 bits per heavy atom. The molecule has 1 aliphatic rings. The summed E-state index contributed by atoms with van der Waals surface area (Å²) < 4.78 is 28.6. The number of rotatable bonds is 5. The number of nitrogens with zero attached hydrogens (tertiary/aromatic N) is 2. The molecular weight excluding hydrogens is 288 g/mol. The van der Waals surface area contributed by atoms with Gasteiger partial charge in [0.15, 0.2) is 5.03 Å². The largest absolute Gasteiger partial charge is 0.336 e. The van der Waals surface area contributed by atoms with Crippen LogP contribution in [0.5, 0.6) is 0 Å². The molecule has 2 heterocycles. The van der Waals surface area contributed by atoms with Gasteiger partial charge in [0.05, 0.1) is 6.33 Å². The quantitative estimate of drug-likeness (QED) is 0.835. The molecule has 8 heteroatoms. The standard InChI is InChI=1S/C11H20N4O2S.ClH/c1-9(2)6-15-7-11(13-8-15)18(16,17)14-10-3-4-12-5-10;/h7-10,12,14H,3-6H2,1-2H3;1H. The summed E-state index contributed by atoms with van der Waals surface area (Å²) in [6.45, 7) is 6.47. The van der Waals surface area contributed by atoms with Crippen molar-refractivity contribution in [2.24, 2.45) is 5.92 Å². The maximum atomic E-state index is 12.1. The van der Waals surface area contributed by atoms with Crippen molar-refractivity contribution in [3.8, 4) is 0 Å². The van der Waals surface area contributed by atoms with Crippen molar-refractivity contribution < 1.29 is 8.42 Å². The van der Waals surface area contributed by atoms with Crippen LogP contribution < -0.4 is 10.0 Å². The van der Waals surface area contributed by atoms with Gasteiger partial charge in [0, 0.05) is 25.3 Å². The zero-order valence-electron chi connectivity index (χ0n) is 11.2. The van der Waals surface area contributed by atoms with Crippen LogP contribution in [0.25, 0.3) is 0 Å². The Hall–Kier alpha value is -0.630. The fraction of sp³-hybridized carbons (Fsp3) is 0.727. The molecule has 0 bridgehead atoms. The van der Waals surface area contributed by atoms with Crippen LogP contribution in [-0.4, -0.2) is 37.1 Å². The van der Waals surface area contributed by atoms with Gasteiger partial charge in [0.2, 0.25) is 0 Å². The Morgan fingerprint density at radius 2 is 2.32 bits per heavy atom. The van der Waals surface area contributed by atoms with Crippen molar-refractivity contribution in [1.29, 1.82) is 0 Å². The Morgan fingerprint density at radius 1 is 1.58 bits per heavy atom. The van der Waals surface area contributed by atoms with Crippen LogP contribution in [0.1, 0.15) is 20.3 Å². The van der Waals surface area contributed by atoms with E-state index in [1.807, 2.05) is 4.57 Å². The molecule has 1 aromatic heterocycles. The molecule has 19 heavy (non-hydrogen) atoms. The van der Waals surface area contributed by atoms with Gasteiger partial charge in [-0.1, -0.05) is 13.8 Å². The minimum absolute atomic E-state index is 0. The molecule has 0 radical (unpaired) electrons. The minimum atomic E-state index is -3.48. The maximum Gasteiger partial charge on any atom is 0.259 e. The average Bonchev–Trinajstić information content (AvgIpc) is 2.87. The fourth-order valence-corrected chi connectivity index (χ4v) is 3.26. The van der Waals surface area contributed by atoms with Gasteiger partial charge >= 0.3 is 0 Å². The highest BCUT2D eigenvalue weighted by Crippen LogP contribution is 2.09. The number of hydrogen-bond acceptors (Lipinski definition) is 4. The van der Waals surface area contributed by atoms with E-state index in [4.69, 9.17) is 0 Å². The lowest BCUT2D eigenvalue weighted by Gasteiger charge is -2.10. The Bertz CT molecular complexity index is 495. The number of imidazole rings is 1. The normalized spacial score (nSPS) is 19.6. The van der Waals surface area contributed by atoms with Gasteiger partial charge in [-0.3, -0.25) is 0 Å². The molecule has 2 rings (SSSR count). The van der Waals surface area contributed by atoms with Gasteiger partial charge in [-0.05, 0) is 18.9 Å². The third-order valence-electron chi connectivity index (χ3n) is 2.84. The number of sulfonamides is 1. The first kappa shape index (κ1) is 16.4. The van der Waals surface area contributed by atoms with Crippen LogP contribution in [0, 0.1) is 5.92 Å². The highest BCUT2D eigenvalue weighted by atomic mass is 35.5. The molecule has 0 aliphatic carbocycles. The third-order valence-corrected chi connectivity index (χ3v) is 4.25. The maximum absolute atomic E-state index is 12.1. The summed E-state index contributed by atoms with van der Waals surface area (Å²) in [6, 6.07) is -0.0229. The van der Waals surface area contributed by atoms with Crippen molar-refractivity contribution in [2.75, 3.05) is 13.1 Å². The summed E-state index contributed by atoms with van der Waals surface area (Å²) in [5.74, 6) is 0.460.